The zero-order valence-corrected chi connectivity index (χ0v) is 17.8. The van der Waals surface area contributed by atoms with Crippen LogP contribution in [0.3, 0.4) is 0 Å². The van der Waals surface area contributed by atoms with E-state index in [1.165, 1.54) is 22.8 Å². The second-order valence-corrected chi connectivity index (χ2v) is 9.65. The number of aromatic nitrogens is 1. The summed E-state index contributed by atoms with van der Waals surface area (Å²) >= 11 is 0. The topological polar surface area (TPSA) is 112 Å². The van der Waals surface area contributed by atoms with Crippen molar-refractivity contribution in [2.75, 3.05) is 38.0 Å². The molecule has 1 aromatic heterocycles. The molecule has 4 rings (SSSR count). The first-order chi connectivity index (χ1) is 14.9. The minimum absolute atomic E-state index is 0.124. The Morgan fingerprint density at radius 1 is 1.03 bits per heavy atom. The number of para-hydroxylation sites is 1. The van der Waals surface area contributed by atoms with Gasteiger partial charge in [0.1, 0.15) is 4.90 Å². The lowest BCUT2D eigenvalue weighted by Gasteiger charge is -2.33. The van der Waals surface area contributed by atoms with Gasteiger partial charge >= 0.3 is 0 Å². The fourth-order valence-corrected chi connectivity index (χ4v) is 4.84. The van der Waals surface area contributed by atoms with Gasteiger partial charge in [0.25, 0.3) is 5.91 Å². The summed E-state index contributed by atoms with van der Waals surface area (Å²) in [5.74, 6) is -0.428. The molecule has 1 saturated carbocycles. The van der Waals surface area contributed by atoms with E-state index in [1.807, 2.05) is 4.90 Å². The Morgan fingerprint density at radius 2 is 1.77 bits per heavy atom. The molecule has 2 fully saturated rings. The van der Waals surface area contributed by atoms with E-state index < -0.39 is 10.0 Å². The Labute approximate surface area is 181 Å². The van der Waals surface area contributed by atoms with Crippen LogP contribution in [-0.2, 0) is 14.8 Å². The van der Waals surface area contributed by atoms with Crippen molar-refractivity contribution in [1.82, 2.24) is 19.5 Å². The van der Waals surface area contributed by atoms with Crippen LogP contribution in [0.2, 0.25) is 0 Å². The summed E-state index contributed by atoms with van der Waals surface area (Å²) in [5, 5.41) is 5.75. The monoisotopic (exact) mass is 443 g/mol. The van der Waals surface area contributed by atoms with Crippen LogP contribution in [0.5, 0.6) is 0 Å². The van der Waals surface area contributed by atoms with Gasteiger partial charge in [0.15, 0.2) is 0 Å². The van der Waals surface area contributed by atoms with E-state index in [4.69, 9.17) is 0 Å². The third-order valence-electron chi connectivity index (χ3n) is 5.33. The van der Waals surface area contributed by atoms with E-state index in [2.05, 4.69) is 15.6 Å². The molecule has 0 radical (unpaired) electrons. The Kier molecular flexibility index (Phi) is 6.30. The van der Waals surface area contributed by atoms with E-state index in [0.29, 0.717) is 37.4 Å². The van der Waals surface area contributed by atoms with E-state index >= 15 is 0 Å². The second kappa shape index (κ2) is 9.13. The molecule has 2 N–H and O–H groups in total. The van der Waals surface area contributed by atoms with Crippen molar-refractivity contribution in [1.29, 1.82) is 0 Å². The van der Waals surface area contributed by atoms with Gasteiger partial charge in [0.2, 0.25) is 15.9 Å². The number of piperazine rings is 1. The maximum atomic E-state index is 12.7. The summed E-state index contributed by atoms with van der Waals surface area (Å²) in [6, 6.07) is 10.3. The number of hydrogen-bond acceptors (Lipinski definition) is 6. The number of anilines is 1. The van der Waals surface area contributed by atoms with Crippen LogP contribution in [0.15, 0.2) is 53.7 Å². The molecule has 10 heteroatoms. The molecule has 1 saturated heterocycles. The molecule has 0 spiro atoms. The number of nitrogens with zero attached hydrogens (tertiary/aromatic N) is 3. The molecule has 0 unspecified atom stereocenters. The van der Waals surface area contributed by atoms with Crippen molar-refractivity contribution >= 4 is 27.5 Å². The molecule has 31 heavy (non-hydrogen) atoms. The smallest absolute Gasteiger partial charge is 0.253 e. The fourth-order valence-electron chi connectivity index (χ4n) is 3.45. The lowest BCUT2D eigenvalue weighted by atomic mass is 10.1. The number of hydrogen-bond donors (Lipinski definition) is 2. The molecule has 2 heterocycles. The van der Waals surface area contributed by atoms with Gasteiger partial charge in [-0.25, -0.2) is 8.42 Å². The first-order valence-corrected chi connectivity index (χ1v) is 11.7. The average Bonchev–Trinajstić information content (AvgIpc) is 3.59. The van der Waals surface area contributed by atoms with Gasteiger partial charge in [-0.1, -0.05) is 12.1 Å². The zero-order chi connectivity index (χ0) is 21.8. The summed E-state index contributed by atoms with van der Waals surface area (Å²) in [5.41, 5.74) is 0.915. The molecule has 0 bridgehead atoms. The molecule has 9 nitrogen and oxygen atoms in total. The van der Waals surface area contributed by atoms with Gasteiger partial charge in [-0.05, 0) is 37.1 Å². The predicted octanol–water partition coefficient (Wildman–Crippen LogP) is 0.919. The van der Waals surface area contributed by atoms with Crippen molar-refractivity contribution in [3.8, 4) is 0 Å². The molecule has 1 aromatic carbocycles. The second-order valence-electron chi connectivity index (χ2n) is 7.71. The lowest BCUT2D eigenvalue weighted by molar-refractivity contribution is -0.117. The Hall–Kier alpha value is -2.82. The summed E-state index contributed by atoms with van der Waals surface area (Å²) in [6.07, 6.45) is 4.85. The van der Waals surface area contributed by atoms with E-state index in [0.717, 1.165) is 12.8 Å². The number of pyridine rings is 1. The number of sulfonamides is 1. The highest BCUT2D eigenvalue weighted by molar-refractivity contribution is 7.89. The lowest BCUT2D eigenvalue weighted by Crippen LogP contribution is -2.50. The average molecular weight is 444 g/mol. The van der Waals surface area contributed by atoms with Crippen molar-refractivity contribution in [2.45, 2.75) is 23.8 Å². The molecule has 2 aliphatic rings. The SMILES string of the molecule is O=C(CN1CCN(S(=O)(=O)c2cccnc2)CC1)Nc1ccccc1C(=O)NC1CC1. The number of carbonyl (C=O) groups excluding carboxylic acids is 2. The predicted molar refractivity (Wildman–Crippen MR) is 115 cm³/mol. The molecular formula is C21H25N5O4S. The number of carbonyl (C=O) groups is 2. The van der Waals surface area contributed by atoms with E-state index in [-0.39, 0.29) is 29.3 Å². The largest absolute Gasteiger partial charge is 0.349 e. The third kappa shape index (κ3) is 5.27. The molecule has 164 valence electrons. The summed E-state index contributed by atoms with van der Waals surface area (Å²) in [7, 11) is -3.58. The van der Waals surface area contributed by atoms with Gasteiger partial charge in [0.05, 0.1) is 17.8 Å². The first kappa shape index (κ1) is 21.4. The molecular weight excluding hydrogens is 418 g/mol. The van der Waals surface area contributed by atoms with Gasteiger partial charge < -0.3 is 10.6 Å². The Balaban J connectivity index is 1.31. The van der Waals surface area contributed by atoms with Crippen molar-refractivity contribution < 1.29 is 18.0 Å². The quantitative estimate of drug-likeness (QED) is 0.658. The molecule has 0 atom stereocenters. The maximum absolute atomic E-state index is 12.7. The van der Waals surface area contributed by atoms with Gasteiger partial charge in [-0.3, -0.25) is 19.5 Å². The number of rotatable bonds is 7. The molecule has 1 aliphatic heterocycles. The van der Waals surface area contributed by atoms with Gasteiger partial charge in [-0.15, -0.1) is 0 Å². The fraction of sp³-hybridized carbons (Fsp3) is 0.381. The van der Waals surface area contributed by atoms with Crippen LogP contribution in [0.4, 0.5) is 5.69 Å². The van der Waals surface area contributed by atoms with Crippen molar-refractivity contribution in [3.63, 3.8) is 0 Å². The van der Waals surface area contributed by atoms with E-state index in [9.17, 15) is 18.0 Å². The maximum Gasteiger partial charge on any atom is 0.253 e. The molecule has 2 aromatic rings. The molecule has 1 aliphatic carbocycles. The normalized spacial score (nSPS) is 17.8. The highest BCUT2D eigenvalue weighted by atomic mass is 32.2. The number of nitrogens with one attached hydrogen (secondary N) is 2. The van der Waals surface area contributed by atoms with E-state index in [1.54, 1.807) is 30.3 Å². The summed E-state index contributed by atoms with van der Waals surface area (Å²) < 4.78 is 26.8. The van der Waals surface area contributed by atoms with Crippen LogP contribution in [0.1, 0.15) is 23.2 Å². The van der Waals surface area contributed by atoms with Gasteiger partial charge in [-0.2, -0.15) is 4.31 Å². The Morgan fingerprint density at radius 3 is 2.45 bits per heavy atom. The van der Waals surface area contributed by atoms with Crippen LogP contribution < -0.4 is 10.6 Å². The Bertz CT molecular complexity index is 1050. The highest BCUT2D eigenvalue weighted by Gasteiger charge is 2.29. The number of amides is 2. The molecule has 2 amide bonds. The minimum Gasteiger partial charge on any atom is -0.349 e. The van der Waals surface area contributed by atoms with Crippen LogP contribution in [-0.4, -0.2) is 73.2 Å². The van der Waals surface area contributed by atoms with Crippen molar-refractivity contribution in [3.05, 3.63) is 54.4 Å². The zero-order valence-electron chi connectivity index (χ0n) is 17.0. The third-order valence-corrected chi connectivity index (χ3v) is 7.21. The number of benzene rings is 1. The van der Waals surface area contributed by atoms with Crippen LogP contribution in [0.25, 0.3) is 0 Å². The first-order valence-electron chi connectivity index (χ1n) is 10.3. The minimum atomic E-state index is -3.58. The highest BCUT2D eigenvalue weighted by Crippen LogP contribution is 2.22. The van der Waals surface area contributed by atoms with Crippen LogP contribution in [0, 0.1) is 0 Å². The van der Waals surface area contributed by atoms with Gasteiger partial charge in [0, 0.05) is 44.6 Å². The standard InChI is InChI=1S/C21H25N5O4S/c27-20(24-19-6-2-1-5-18(19)21(28)23-16-7-8-16)15-25-10-12-26(13-11-25)31(29,30)17-4-3-9-22-14-17/h1-6,9,14,16H,7-8,10-13,15H2,(H,23,28)(H,24,27). The summed E-state index contributed by atoms with van der Waals surface area (Å²) in [4.78, 5) is 30.9. The van der Waals surface area contributed by atoms with Crippen LogP contribution >= 0.6 is 0 Å². The van der Waals surface area contributed by atoms with Crippen molar-refractivity contribution in [2.24, 2.45) is 0 Å². The summed E-state index contributed by atoms with van der Waals surface area (Å²) in [6.45, 7) is 1.60.